The van der Waals surface area contributed by atoms with Crippen LogP contribution in [0.1, 0.15) is 34.8 Å². The van der Waals surface area contributed by atoms with Gasteiger partial charge >= 0.3 is 0 Å². The highest BCUT2D eigenvalue weighted by Crippen LogP contribution is 2.38. The molecule has 1 aliphatic carbocycles. The molecule has 0 unspecified atom stereocenters. The third-order valence-electron chi connectivity index (χ3n) is 5.12. The van der Waals surface area contributed by atoms with Crippen LogP contribution in [0.5, 0.6) is 0 Å². The minimum atomic E-state index is 0.0321. The van der Waals surface area contributed by atoms with Gasteiger partial charge in [0.15, 0.2) is 5.82 Å². The summed E-state index contributed by atoms with van der Waals surface area (Å²) in [4.78, 5) is 16.8. The van der Waals surface area contributed by atoms with Crippen LogP contribution in [0.25, 0.3) is 11.0 Å². The van der Waals surface area contributed by atoms with Gasteiger partial charge in [-0.25, -0.2) is 0 Å². The van der Waals surface area contributed by atoms with Crippen LogP contribution < -0.4 is 4.90 Å². The molecule has 132 valence electrons. The van der Waals surface area contributed by atoms with Gasteiger partial charge in [0.05, 0.1) is 5.69 Å². The number of rotatable bonds is 3. The zero-order valence-corrected chi connectivity index (χ0v) is 14.3. The number of hydrogen-bond acceptors (Lipinski definition) is 6. The normalized spacial score (nSPS) is 17.7. The quantitative estimate of drug-likeness (QED) is 0.772. The Labute approximate surface area is 150 Å². The molecule has 26 heavy (non-hydrogen) atoms. The predicted octanol–water partition coefficient (Wildman–Crippen LogP) is 1.59. The molecule has 3 aromatic rings. The van der Waals surface area contributed by atoms with Gasteiger partial charge in [0.2, 0.25) is 0 Å². The minimum Gasteiger partial charge on any atom is -0.352 e. The second-order valence-electron chi connectivity index (χ2n) is 6.90. The highest BCUT2D eigenvalue weighted by molar-refractivity contribution is 5.97. The number of hydrogen-bond donors (Lipinski definition) is 1. The number of anilines is 1. The highest BCUT2D eigenvalue weighted by atomic mass is 16.2. The molecule has 2 aliphatic rings. The fourth-order valence-corrected chi connectivity index (χ4v) is 3.40. The van der Waals surface area contributed by atoms with Crippen molar-refractivity contribution in [2.24, 2.45) is 0 Å². The Balaban J connectivity index is 1.25. The average Bonchev–Trinajstić information content (AvgIpc) is 3.45. The molecule has 0 atom stereocenters. The number of fused-ring (bicyclic) bond motifs is 1. The van der Waals surface area contributed by atoms with Gasteiger partial charge in [-0.3, -0.25) is 4.79 Å². The number of nitrogens with one attached hydrogen (secondary N) is 1. The number of piperazine rings is 1. The molecule has 1 amide bonds. The molecular weight excluding hydrogens is 330 g/mol. The van der Waals surface area contributed by atoms with Crippen molar-refractivity contribution in [3.63, 3.8) is 0 Å². The molecule has 3 heterocycles. The van der Waals surface area contributed by atoms with E-state index in [1.807, 2.05) is 17.0 Å². The number of benzene rings is 1. The lowest BCUT2D eigenvalue weighted by Crippen LogP contribution is -2.49. The maximum atomic E-state index is 12.8. The molecule has 1 N–H and O–H groups in total. The first-order valence-corrected chi connectivity index (χ1v) is 8.96. The first-order valence-electron chi connectivity index (χ1n) is 8.96. The molecule has 8 heteroatoms. The van der Waals surface area contributed by atoms with E-state index < -0.39 is 0 Å². The van der Waals surface area contributed by atoms with E-state index in [0.717, 1.165) is 30.1 Å². The molecule has 8 nitrogen and oxygen atoms in total. The standard InChI is InChI=1S/C18H19N7O/c26-18(13-3-4-15-16(11-13)21-23-20-15)25-9-7-24(8-10-25)17-6-5-14(19-22-17)12-1-2-12/h3-6,11-12H,1-2,7-10H2,(H,20,21,23). The summed E-state index contributed by atoms with van der Waals surface area (Å²) in [5.74, 6) is 1.54. The maximum absolute atomic E-state index is 12.8. The minimum absolute atomic E-state index is 0.0321. The fourth-order valence-electron chi connectivity index (χ4n) is 3.40. The zero-order chi connectivity index (χ0) is 17.5. The number of carbonyl (C=O) groups excluding carboxylic acids is 1. The molecule has 2 aromatic heterocycles. The van der Waals surface area contributed by atoms with E-state index in [2.05, 4.69) is 42.6 Å². The summed E-state index contributed by atoms with van der Waals surface area (Å²) in [7, 11) is 0. The predicted molar refractivity (Wildman–Crippen MR) is 96.0 cm³/mol. The van der Waals surface area contributed by atoms with E-state index in [0.29, 0.717) is 30.1 Å². The largest absolute Gasteiger partial charge is 0.352 e. The summed E-state index contributed by atoms with van der Waals surface area (Å²) in [5.41, 5.74) is 3.22. The second-order valence-corrected chi connectivity index (χ2v) is 6.90. The number of carbonyl (C=O) groups is 1. The Morgan fingerprint density at radius 2 is 1.77 bits per heavy atom. The average molecular weight is 349 g/mol. The van der Waals surface area contributed by atoms with Gasteiger partial charge in [-0.05, 0) is 43.2 Å². The second kappa shape index (κ2) is 6.05. The van der Waals surface area contributed by atoms with E-state index in [1.165, 1.54) is 12.8 Å². The summed E-state index contributed by atoms with van der Waals surface area (Å²) >= 11 is 0. The van der Waals surface area contributed by atoms with Crippen LogP contribution in [-0.4, -0.2) is 62.6 Å². The number of nitrogens with zero attached hydrogens (tertiary/aromatic N) is 6. The summed E-state index contributed by atoms with van der Waals surface area (Å²) in [6.07, 6.45) is 2.46. The first-order chi connectivity index (χ1) is 12.8. The van der Waals surface area contributed by atoms with Gasteiger partial charge in [0, 0.05) is 37.7 Å². The van der Waals surface area contributed by atoms with Gasteiger partial charge in [0.1, 0.15) is 11.0 Å². The summed E-state index contributed by atoms with van der Waals surface area (Å²) < 4.78 is 0. The first kappa shape index (κ1) is 15.2. The van der Waals surface area contributed by atoms with Crippen LogP contribution in [0.4, 0.5) is 5.82 Å². The van der Waals surface area contributed by atoms with Crippen molar-refractivity contribution in [2.45, 2.75) is 18.8 Å². The zero-order valence-electron chi connectivity index (χ0n) is 14.3. The van der Waals surface area contributed by atoms with E-state index >= 15 is 0 Å². The molecule has 5 rings (SSSR count). The highest BCUT2D eigenvalue weighted by Gasteiger charge is 2.26. The molecule has 0 bridgehead atoms. The summed E-state index contributed by atoms with van der Waals surface area (Å²) in [6.45, 7) is 2.86. The van der Waals surface area contributed by atoms with Gasteiger partial charge < -0.3 is 9.80 Å². The SMILES string of the molecule is O=C(c1ccc2n[nH]nc2c1)N1CCN(c2ccc(C3CC3)nn2)CC1. The Kier molecular flexibility index (Phi) is 3.55. The Bertz CT molecular complexity index is 940. The van der Waals surface area contributed by atoms with Crippen LogP contribution in [0.3, 0.4) is 0 Å². The van der Waals surface area contributed by atoms with Gasteiger partial charge in [0.25, 0.3) is 5.91 Å². The smallest absolute Gasteiger partial charge is 0.254 e. The third-order valence-corrected chi connectivity index (χ3v) is 5.12. The molecule has 1 aromatic carbocycles. The van der Waals surface area contributed by atoms with Crippen molar-refractivity contribution in [3.8, 4) is 0 Å². The summed E-state index contributed by atoms with van der Waals surface area (Å²) in [6, 6.07) is 9.55. The van der Waals surface area contributed by atoms with Crippen molar-refractivity contribution in [3.05, 3.63) is 41.6 Å². The van der Waals surface area contributed by atoms with E-state index in [1.54, 1.807) is 6.07 Å². The number of aromatic nitrogens is 5. The summed E-state index contributed by atoms with van der Waals surface area (Å²) in [5, 5.41) is 19.4. The Morgan fingerprint density at radius 1 is 0.962 bits per heavy atom. The maximum Gasteiger partial charge on any atom is 0.254 e. The number of H-pyrrole nitrogens is 1. The van der Waals surface area contributed by atoms with Gasteiger partial charge in [-0.1, -0.05) is 0 Å². The molecular formula is C18H19N7O. The van der Waals surface area contributed by atoms with Gasteiger partial charge in [-0.2, -0.15) is 20.5 Å². The topological polar surface area (TPSA) is 90.9 Å². The molecule has 1 aliphatic heterocycles. The van der Waals surface area contributed by atoms with Crippen molar-refractivity contribution in [2.75, 3.05) is 31.1 Å². The lowest BCUT2D eigenvalue weighted by atomic mass is 10.1. The van der Waals surface area contributed by atoms with E-state index in [9.17, 15) is 4.79 Å². The molecule has 1 saturated carbocycles. The van der Waals surface area contributed by atoms with Gasteiger partial charge in [-0.15, -0.1) is 5.10 Å². The number of aromatic amines is 1. The van der Waals surface area contributed by atoms with Crippen LogP contribution in [0.2, 0.25) is 0 Å². The molecule has 2 fully saturated rings. The van der Waals surface area contributed by atoms with Crippen LogP contribution >= 0.6 is 0 Å². The fraction of sp³-hybridized carbons (Fsp3) is 0.389. The molecule has 0 spiro atoms. The van der Waals surface area contributed by atoms with Crippen LogP contribution in [-0.2, 0) is 0 Å². The van der Waals surface area contributed by atoms with Crippen molar-refractivity contribution >= 4 is 22.8 Å². The third kappa shape index (κ3) is 2.77. The van der Waals surface area contributed by atoms with Crippen molar-refractivity contribution in [1.82, 2.24) is 30.5 Å². The lowest BCUT2D eigenvalue weighted by molar-refractivity contribution is 0.0746. The molecule has 1 saturated heterocycles. The van der Waals surface area contributed by atoms with Crippen molar-refractivity contribution in [1.29, 1.82) is 0 Å². The van der Waals surface area contributed by atoms with Crippen LogP contribution in [0.15, 0.2) is 30.3 Å². The number of amides is 1. The van der Waals surface area contributed by atoms with E-state index in [4.69, 9.17) is 0 Å². The van der Waals surface area contributed by atoms with Crippen molar-refractivity contribution < 1.29 is 4.79 Å². The van der Waals surface area contributed by atoms with E-state index in [-0.39, 0.29) is 5.91 Å². The Hall–Kier alpha value is -3.03. The Morgan fingerprint density at radius 3 is 2.50 bits per heavy atom. The monoisotopic (exact) mass is 349 g/mol. The lowest BCUT2D eigenvalue weighted by Gasteiger charge is -2.35. The molecule has 0 radical (unpaired) electrons. The van der Waals surface area contributed by atoms with Crippen LogP contribution in [0, 0.1) is 0 Å².